The van der Waals surface area contributed by atoms with Crippen molar-refractivity contribution in [3.8, 4) is 5.69 Å². The van der Waals surface area contributed by atoms with E-state index in [-0.39, 0.29) is 11.2 Å². The number of para-hydroxylation sites is 1. The number of amides is 1. The second-order valence-corrected chi connectivity index (χ2v) is 9.19. The fourth-order valence-electron chi connectivity index (χ4n) is 2.65. The fourth-order valence-corrected chi connectivity index (χ4v) is 5.24. The normalized spacial score (nSPS) is 11.9. The summed E-state index contributed by atoms with van der Waals surface area (Å²) in [4.78, 5) is 14.8. The summed E-state index contributed by atoms with van der Waals surface area (Å²) < 4.78 is 3.24. The van der Waals surface area contributed by atoms with Gasteiger partial charge in [0.15, 0.2) is 8.29 Å². The number of thioether (sulfide) groups is 1. The Morgan fingerprint density at radius 1 is 1.19 bits per heavy atom. The van der Waals surface area contributed by atoms with Crippen LogP contribution in [0.2, 0.25) is 0 Å². The molecule has 3 rings (SSSR count). The summed E-state index contributed by atoms with van der Waals surface area (Å²) in [7, 11) is 0. The van der Waals surface area contributed by atoms with Crippen LogP contribution in [0.4, 0.5) is 0 Å². The third-order valence-electron chi connectivity index (χ3n) is 4.06. The minimum Gasteiger partial charge on any atom is -0.338 e. The monoisotopic (exact) mass is 415 g/mol. The van der Waals surface area contributed by atoms with Crippen molar-refractivity contribution < 1.29 is 4.79 Å². The Morgan fingerprint density at radius 2 is 1.81 bits per heavy atom. The molecular formula is C20H21N3OS3. The summed E-state index contributed by atoms with van der Waals surface area (Å²) in [5.41, 5.74) is 2.07. The number of carbonyl (C=O) groups is 1. The van der Waals surface area contributed by atoms with Crippen molar-refractivity contribution in [1.82, 2.24) is 14.7 Å². The fraction of sp³-hybridized carbons (Fsp3) is 0.250. The first-order valence-corrected chi connectivity index (χ1v) is 10.8. The molecule has 3 aromatic rings. The molecule has 1 heterocycles. The number of benzene rings is 2. The van der Waals surface area contributed by atoms with Crippen molar-refractivity contribution in [2.45, 2.75) is 30.0 Å². The average molecular weight is 416 g/mol. The largest absolute Gasteiger partial charge is 0.338 e. The Kier molecular flexibility index (Phi) is 6.82. The molecule has 0 bridgehead atoms. The summed E-state index contributed by atoms with van der Waals surface area (Å²) in [6.45, 7) is 5.23. The van der Waals surface area contributed by atoms with Gasteiger partial charge in [-0.3, -0.25) is 4.79 Å². The SMILES string of the molecule is CCN(Cc1ccccc1)C(=O)C(C)Sc1nn(-c2ccccc2)c(=S)s1. The molecule has 4 nitrogen and oxygen atoms in total. The Hall–Kier alpha value is -1.96. The molecule has 140 valence electrons. The highest BCUT2D eigenvalue weighted by atomic mass is 32.2. The Labute approximate surface area is 172 Å². The lowest BCUT2D eigenvalue weighted by Gasteiger charge is -2.23. The molecule has 7 heteroatoms. The molecule has 1 unspecified atom stereocenters. The summed E-state index contributed by atoms with van der Waals surface area (Å²) in [5, 5.41) is 4.37. The minimum absolute atomic E-state index is 0.110. The van der Waals surface area contributed by atoms with Gasteiger partial charge in [0.05, 0.1) is 10.9 Å². The zero-order valence-electron chi connectivity index (χ0n) is 15.2. The topological polar surface area (TPSA) is 38.1 Å². The molecule has 27 heavy (non-hydrogen) atoms. The zero-order chi connectivity index (χ0) is 19.2. The van der Waals surface area contributed by atoms with Gasteiger partial charge in [0.2, 0.25) is 5.91 Å². The second kappa shape index (κ2) is 9.30. The second-order valence-electron chi connectivity index (χ2n) is 5.98. The van der Waals surface area contributed by atoms with E-state index >= 15 is 0 Å². The van der Waals surface area contributed by atoms with E-state index in [1.165, 1.54) is 23.1 Å². The summed E-state index contributed by atoms with van der Waals surface area (Å²) >= 11 is 8.35. The number of aromatic nitrogens is 2. The van der Waals surface area contributed by atoms with Crippen LogP contribution in [0.25, 0.3) is 5.69 Å². The molecule has 0 aliphatic carbocycles. The first kappa shape index (κ1) is 19.8. The van der Waals surface area contributed by atoms with Crippen molar-refractivity contribution in [2.75, 3.05) is 6.54 Å². The molecule has 1 amide bonds. The van der Waals surface area contributed by atoms with Gasteiger partial charge in [0.1, 0.15) is 0 Å². The molecule has 0 fully saturated rings. The average Bonchev–Trinajstić information content (AvgIpc) is 3.07. The van der Waals surface area contributed by atoms with Crippen LogP contribution < -0.4 is 0 Å². The third-order valence-corrected chi connectivity index (χ3v) is 6.47. The van der Waals surface area contributed by atoms with Crippen molar-refractivity contribution in [3.05, 3.63) is 70.2 Å². The maximum absolute atomic E-state index is 12.9. The first-order chi connectivity index (χ1) is 13.1. The van der Waals surface area contributed by atoms with E-state index in [1.807, 2.05) is 79.4 Å². The Balaban J connectivity index is 1.70. The molecule has 0 spiro atoms. The van der Waals surface area contributed by atoms with E-state index in [0.717, 1.165) is 15.6 Å². The lowest BCUT2D eigenvalue weighted by molar-refractivity contribution is -0.130. The van der Waals surface area contributed by atoms with Crippen LogP contribution in [0, 0.1) is 3.95 Å². The molecule has 0 radical (unpaired) electrons. The van der Waals surface area contributed by atoms with Crippen molar-refractivity contribution in [3.63, 3.8) is 0 Å². The van der Waals surface area contributed by atoms with Crippen LogP contribution in [0.1, 0.15) is 19.4 Å². The van der Waals surface area contributed by atoms with Gasteiger partial charge >= 0.3 is 0 Å². The maximum atomic E-state index is 12.9. The van der Waals surface area contributed by atoms with Crippen LogP contribution in [0.15, 0.2) is 65.0 Å². The van der Waals surface area contributed by atoms with Crippen molar-refractivity contribution in [1.29, 1.82) is 0 Å². The Bertz CT molecular complexity index is 938. The summed E-state index contributed by atoms with van der Waals surface area (Å²) in [6.07, 6.45) is 0. The van der Waals surface area contributed by atoms with Gasteiger partial charge in [0, 0.05) is 13.1 Å². The smallest absolute Gasteiger partial charge is 0.236 e. The van der Waals surface area contributed by atoms with Crippen molar-refractivity contribution >= 4 is 41.2 Å². The van der Waals surface area contributed by atoms with Gasteiger partial charge < -0.3 is 4.90 Å². The van der Waals surface area contributed by atoms with Crippen LogP contribution in [-0.2, 0) is 11.3 Å². The number of carbonyl (C=O) groups excluding carboxylic acids is 1. The molecular weight excluding hydrogens is 394 g/mol. The highest BCUT2D eigenvalue weighted by Gasteiger charge is 2.22. The van der Waals surface area contributed by atoms with E-state index in [0.29, 0.717) is 17.0 Å². The molecule has 1 aromatic heterocycles. The molecule has 0 aliphatic rings. The third kappa shape index (κ3) is 5.06. The number of rotatable bonds is 7. The molecule has 0 saturated heterocycles. The summed E-state index contributed by atoms with van der Waals surface area (Å²) in [5.74, 6) is 0.110. The molecule has 0 N–H and O–H groups in total. The lowest BCUT2D eigenvalue weighted by atomic mass is 10.2. The van der Waals surface area contributed by atoms with Crippen LogP contribution >= 0.6 is 35.3 Å². The van der Waals surface area contributed by atoms with Gasteiger partial charge in [-0.2, -0.15) is 0 Å². The quantitative estimate of drug-likeness (QED) is 0.393. The van der Waals surface area contributed by atoms with E-state index in [4.69, 9.17) is 12.2 Å². The molecule has 1 atom stereocenters. The maximum Gasteiger partial charge on any atom is 0.236 e. The summed E-state index contributed by atoms with van der Waals surface area (Å²) in [6, 6.07) is 19.9. The van der Waals surface area contributed by atoms with Gasteiger partial charge in [-0.05, 0) is 43.8 Å². The molecule has 2 aromatic carbocycles. The Morgan fingerprint density at radius 3 is 2.44 bits per heavy atom. The van der Waals surface area contributed by atoms with Crippen molar-refractivity contribution in [2.24, 2.45) is 0 Å². The minimum atomic E-state index is -0.224. The highest BCUT2D eigenvalue weighted by molar-refractivity contribution is 8.02. The van der Waals surface area contributed by atoms with E-state index in [2.05, 4.69) is 5.10 Å². The van der Waals surface area contributed by atoms with Gasteiger partial charge in [-0.1, -0.05) is 71.6 Å². The van der Waals surface area contributed by atoms with Crippen LogP contribution in [0.3, 0.4) is 0 Å². The van der Waals surface area contributed by atoms with Crippen LogP contribution in [0.5, 0.6) is 0 Å². The van der Waals surface area contributed by atoms with E-state index in [9.17, 15) is 4.79 Å². The molecule has 0 aliphatic heterocycles. The number of hydrogen-bond acceptors (Lipinski definition) is 5. The zero-order valence-corrected chi connectivity index (χ0v) is 17.7. The highest BCUT2D eigenvalue weighted by Crippen LogP contribution is 2.28. The predicted octanol–water partition coefficient (Wildman–Crippen LogP) is 5.19. The van der Waals surface area contributed by atoms with Crippen LogP contribution in [-0.4, -0.2) is 32.4 Å². The lowest BCUT2D eigenvalue weighted by Crippen LogP contribution is -2.35. The molecule has 0 saturated carbocycles. The van der Waals surface area contributed by atoms with Gasteiger partial charge in [0.25, 0.3) is 0 Å². The predicted molar refractivity (Wildman–Crippen MR) is 115 cm³/mol. The first-order valence-electron chi connectivity index (χ1n) is 8.73. The van der Waals surface area contributed by atoms with Gasteiger partial charge in [-0.25, -0.2) is 4.68 Å². The number of nitrogens with zero attached hydrogens (tertiary/aromatic N) is 3. The van der Waals surface area contributed by atoms with E-state index in [1.54, 1.807) is 4.68 Å². The standard InChI is InChI=1S/C20H21N3OS3/c1-3-22(14-16-10-6-4-7-11-16)18(24)15(2)26-19-21-23(20(25)27-19)17-12-8-5-9-13-17/h4-13,15H,3,14H2,1-2H3. The van der Waals surface area contributed by atoms with Gasteiger partial charge in [-0.15, -0.1) is 5.10 Å². The number of hydrogen-bond donors (Lipinski definition) is 0. The van der Waals surface area contributed by atoms with E-state index < -0.39 is 0 Å².